The van der Waals surface area contributed by atoms with Gasteiger partial charge in [0.2, 0.25) is 5.91 Å². The molecule has 0 unspecified atom stereocenters. The summed E-state index contributed by atoms with van der Waals surface area (Å²) in [7, 11) is 1.48. The Morgan fingerprint density at radius 3 is 2.41 bits per heavy atom. The molecule has 0 fully saturated rings. The average molecular weight is 435 g/mol. The van der Waals surface area contributed by atoms with Crippen molar-refractivity contribution in [2.24, 2.45) is 4.99 Å². The van der Waals surface area contributed by atoms with E-state index in [1.165, 1.54) is 18.0 Å². The summed E-state index contributed by atoms with van der Waals surface area (Å²) < 4.78 is 43.9. The molecule has 0 saturated carbocycles. The van der Waals surface area contributed by atoms with E-state index in [0.717, 1.165) is 0 Å². The predicted octanol–water partition coefficient (Wildman–Crippen LogP) is 4.94. The Hall–Kier alpha value is -4.12. The number of benzene rings is 3. The van der Waals surface area contributed by atoms with Crippen molar-refractivity contribution >= 4 is 17.3 Å². The molecule has 5 nitrogen and oxygen atoms in total. The molecule has 0 bridgehead atoms. The second-order valence-corrected chi connectivity index (χ2v) is 7.09. The van der Waals surface area contributed by atoms with Crippen LogP contribution in [0.15, 0.2) is 71.7 Å². The molecule has 3 aromatic carbocycles. The molecule has 0 aromatic heterocycles. The maximum absolute atomic E-state index is 13.2. The first-order valence-corrected chi connectivity index (χ1v) is 9.58. The summed E-state index contributed by atoms with van der Waals surface area (Å²) in [6, 6.07) is 20.0. The molecule has 1 amide bonds. The quantitative estimate of drug-likeness (QED) is 0.586. The third kappa shape index (κ3) is 4.18. The normalized spacial score (nSPS) is 13.7. The lowest BCUT2D eigenvalue weighted by atomic mass is 9.94. The van der Waals surface area contributed by atoms with Gasteiger partial charge in [0.15, 0.2) is 0 Å². The first-order valence-electron chi connectivity index (χ1n) is 9.58. The number of anilines is 1. The minimum absolute atomic E-state index is 0.187. The minimum Gasteiger partial charge on any atom is -0.405 e. The van der Waals surface area contributed by atoms with Crippen LogP contribution in [0, 0.1) is 11.3 Å². The number of ether oxygens (including phenoxy) is 1. The van der Waals surface area contributed by atoms with Crippen molar-refractivity contribution in [3.8, 4) is 22.9 Å². The lowest BCUT2D eigenvalue weighted by molar-refractivity contribution is -0.274. The summed E-state index contributed by atoms with van der Waals surface area (Å²) in [5.41, 5.74) is 2.79. The minimum atomic E-state index is -4.91. The van der Waals surface area contributed by atoms with E-state index in [9.17, 15) is 23.2 Å². The highest BCUT2D eigenvalue weighted by atomic mass is 19.4. The van der Waals surface area contributed by atoms with Gasteiger partial charge in [0.05, 0.1) is 23.0 Å². The molecule has 8 heteroatoms. The zero-order valence-corrected chi connectivity index (χ0v) is 16.8. The molecule has 160 valence electrons. The third-order valence-corrected chi connectivity index (χ3v) is 5.04. The maximum atomic E-state index is 13.2. The Bertz CT molecular complexity index is 1260. The topological polar surface area (TPSA) is 65.7 Å². The van der Waals surface area contributed by atoms with E-state index in [4.69, 9.17) is 0 Å². The third-order valence-electron chi connectivity index (χ3n) is 5.04. The van der Waals surface area contributed by atoms with Gasteiger partial charge in [-0.1, -0.05) is 42.5 Å². The number of nitrogens with zero attached hydrogens (tertiary/aromatic N) is 3. The van der Waals surface area contributed by atoms with Gasteiger partial charge in [0.1, 0.15) is 12.3 Å². The van der Waals surface area contributed by atoms with Crippen LogP contribution < -0.4 is 9.64 Å². The zero-order chi connectivity index (χ0) is 22.9. The fraction of sp³-hybridized carbons (Fsp3) is 0.125. The first-order chi connectivity index (χ1) is 15.3. The summed E-state index contributed by atoms with van der Waals surface area (Å²) in [5.74, 6) is -0.808. The molecule has 1 heterocycles. The van der Waals surface area contributed by atoms with Crippen LogP contribution >= 0.6 is 0 Å². The Morgan fingerprint density at radius 1 is 1.00 bits per heavy atom. The smallest absolute Gasteiger partial charge is 0.405 e. The van der Waals surface area contributed by atoms with Crippen LogP contribution in [-0.4, -0.2) is 31.6 Å². The fourth-order valence-electron chi connectivity index (χ4n) is 3.54. The number of nitriles is 1. The van der Waals surface area contributed by atoms with Crippen LogP contribution in [0.25, 0.3) is 11.1 Å². The molecule has 0 atom stereocenters. The zero-order valence-electron chi connectivity index (χ0n) is 16.8. The van der Waals surface area contributed by atoms with E-state index >= 15 is 0 Å². The van der Waals surface area contributed by atoms with Crippen LogP contribution in [-0.2, 0) is 4.79 Å². The number of carbonyl (C=O) groups excluding carboxylic acids is 1. The number of halogens is 3. The highest BCUT2D eigenvalue weighted by Crippen LogP contribution is 2.40. The van der Waals surface area contributed by atoms with E-state index in [-0.39, 0.29) is 23.7 Å². The van der Waals surface area contributed by atoms with Crippen LogP contribution in [0.2, 0.25) is 0 Å². The largest absolute Gasteiger partial charge is 0.573 e. The number of fused-ring (bicyclic) bond motifs is 1. The van der Waals surface area contributed by atoms with Gasteiger partial charge < -0.3 is 9.64 Å². The van der Waals surface area contributed by atoms with Crippen molar-refractivity contribution in [1.29, 1.82) is 5.26 Å². The Labute approximate surface area is 182 Å². The van der Waals surface area contributed by atoms with Crippen LogP contribution in [0.4, 0.5) is 18.9 Å². The fourth-order valence-corrected chi connectivity index (χ4v) is 3.54. The number of amides is 1. The van der Waals surface area contributed by atoms with Crippen molar-refractivity contribution in [3.63, 3.8) is 0 Å². The van der Waals surface area contributed by atoms with E-state index in [1.807, 2.05) is 0 Å². The molecular weight excluding hydrogens is 419 g/mol. The van der Waals surface area contributed by atoms with Gasteiger partial charge in [-0.25, -0.2) is 0 Å². The van der Waals surface area contributed by atoms with Crippen LogP contribution in [0.5, 0.6) is 5.75 Å². The monoisotopic (exact) mass is 435 g/mol. The molecule has 0 saturated heterocycles. The molecule has 1 aliphatic rings. The number of aliphatic imine (C=N–C) groups is 1. The molecule has 0 aliphatic carbocycles. The first kappa shape index (κ1) is 21.1. The Morgan fingerprint density at radius 2 is 1.72 bits per heavy atom. The van der Waals surface area contributed by atoms with Gasteiger partial charge >= 0.3 is 6.36 Å². The van der Waals surface area contributed by atoms with Crippen molar-refractivity contribution in [2.75, 3.05) is 18.5 Å². The van der Waals surface area contributed by atoms with Crippen molar-refractivity contribution in [3.05, 3.63) is 83.4 Å². The van der Waals surface area contributed by atoms with Gasteiger partial charge in [-0.3, -0.25) is 9.79 Å². The predicted molar refractivity (Wildman–Crippen MR) is 114 cm³/mol. The van der Waals surface area contributed by atoms with Crippen molar-refractivity contribution in [2.45, 2.75) is 6.36 Å². The van der Waals surface area contributed by atoms with Crippen LogP contribution in [0.3, 0.4) is 0 Å². The Balaban J connectivity index is 1.99. The molecule has 32 heavy (non-hydrogen) atoms. The Kier molecular flexibility index (Phi) is 5.41. The molecule has 3 aromatic rings. The highest BCUT2D eigenvalue weighted by Gasteiger charge is 2.34. The molecule has 0 N–H and O–H groups in total. The highest BCUT2D eigenvalue weighted by molar-refractivity contribution is 6.20. The number of rotatable bonds is 3. The average Bonchev–Trinajstić information content (AvgIpc) is 2.89. The maximum Gasteiger partial charge on any atom is 0.573 e. The van der Waals surface area contributed by atoms with Gasteiger partial charge in [0.25, 0.3) is 0 Å². The van der Waals surface area contributed by atoms with Gasteiger partial charge in [-0.2, -0.15) is 5.26 Å². The molecule has 0 radical (unpaired) electrons. The molecular formula is C24H16F3N3O2. The van der Waals surface area contributed by atoms with E-state index in [2.05, 4.69) is 15.8 Å². The summed E-state index contributed by atoms with van der Waals surface area (Å²) in [4.78, 5) is 18.2. The standard InChI is InChI=1S/C24H16F3N3O2/c1-30-20-12-21(32-24(25,26)27)18(16-7-3-2-4-8-16)11-19(20)23(29-14-22(30)31)17-9-5-6-15(10-17)13-28/h2-12H,14H2,1H3. The summed E-state index contributed by atoms with van der Waals surface area (Å²) in [6.07, 6.45) is -4.91. The van der Waals surface area contributed by atoms with Gasteiger partial charge in [-0.05, 0) is 23.8 Å². The summed E-state index contributed by atoms with van der Waals surface area (Å²) in [6.45, 7) is -0.187. The summed E-state index contributed by atoms with van der Waals surface area (Å²) in [5, 5.41) is 9.26. The van der Waals surface area contributed by atoms with Gasteiger partial charge in [-0.15, -0.1) is 13.2 Å². The van der Waals surface area contributed by atoms with E-state index in [1.54, 1.807) is 60.7 Å². The lowest BCUT2D eigenvalue weighted by Crippen LogP contribution is -2.28. The molecule has 4 rings (SSSR count). The van der Waals surface area contributed by atoms with E-state index < -0.39 is 12.1 Å². The molecule has 1 aliphatic heterocycles. The summed E-state index contributed by atoms with van der Waals surface area (Å²) >= 11 is 0. The SMILES string of the molecule is CN1C(=O)CN=C(c2cccc(C#N)c2)c2cc(-c3ccccc3)c(OC(F)(F)F)cc21. The number of benzodiazepines with no additional fused rings is 1. The number of alkyl halides is 3. The lowest BCUT2D eigenvalue weighted by Gasteiger charge is -2.22. The second-order valence-electron chi connectivity index (χ2n) is 7.09. The number of likely N-dealkylation sites (N-methyl/N-ethyl adjacent to an activating group) is 1. The van der Waals surface area contributed by atoms with Crippen LogP contribution in [0.1, 0.15) is 16.7 Å². The number of hydrogen-bond donors (Lipinski definition) is 0. The van der Waals surface area contributed by atoms with Crippen molar-refractivity contribution in [1.82, 2.24) is 0 Å². The second kappa shape index (κ2) is 8.19. The number of carbonyl (C=O) groups is 1. The van der Waals surface area contributed by atoms with Gasteiger partial charge in [0, 0.05) is 29.8 Å². The van der Waals surface area contributed by atoms with Crippen molar-refractivity contribution < 1.29 is 22.7 Å². The molecule has 0 spiro atoms. The van der Waals surface area contributed by atoms with E-state index in [0.29, 0.717) is 28.0 Å². The number of hydrogen-bond acceptors (Lipinski definition) is 4.